The van der Waals surface area contributed by atoms with Crippen molar-refractivity contribution in [2.75, 3.05) is 36.4 Å². The molecule has 2 aromatic rings. The van der Waals surface area contributed by atoms with E-state index in [1.165, 1.54) is 12.1 Å². The van der Waals surface area contributed by atoms with Crippen molar-refractivity contribution in [2.45, 2.75) is 19.1 Å². The number of phenolic OH excluding ortho intramolecular Hbond substituents is 1. The molecule has 2 N–H and O–H groups in total. The standard InChI is InChI=1S/C20H21ClF3N3O2/c1-13(19(29)25-18-7-2-14(21)12-17(18)20(22,23)24)26-8-10-27(11-9-26)15-3-5-16(28)6-4-15/h2-7,12-13,28H,8-11H2,1H3,(H,25,29). The number of nitrogens with zero attached hydrogens (tertiary/aromatic N) is 2. The smallest absolute Gasteiger partial charge is 0.418 e. The van der Waals surface area contributed by atoms with Crippen molar-refractivity contribution in [3.05, 3.63) is 53.1 Å². The summed E-state index contributed by atoms with van der Waals surface area (Å²) in [6, 6.07) is 9.56. The third-order valence-electron chi connectivity index (χ3n) is 5.00. The van der Waals surface area contributed by atoms with Gasteiger partial charge in [0.15, 0.2) is 0 Å². The van der Waals surface area contributed by atoms with Crippen molar-refractivity contribution >= 4 is 28.9 Å². The highest BCUT2D eigenvalue weighted by atomic mass is 35.5. The van der Waals surface area contributed by atoms with E-state index in [1.54, 1.807) is 19.1 Å². The highest BCUT2D eigenvalue weighted by Crippen LogP contribution is 2.36. The summed E-state index contributed by atoms with van der Waals surface area (Å²) in [5.74, 6) is -0.311. The lowest BCUT2D eigenvalue weighted by atomic mass is 10.1. The Balaban J connectivity index is 1.62. The van der Waals surface area contributed by atoms with Crippen LogP contribution in [-0.4, -0.2) is 48.1 Å². The van der Waals surface area contributed by atoms with Crippen molar-refractivity contribution in [1.29, 1.82) is 0 Å². The number of aromatic hydroxyl groups is 1. The van der Waals surface area contributed by atoms with Crippen molar-refractivity contribution < 1.29 is 23.1 Å². The summed E-state index contributed by atoms with van der Waals surface area (Å²) in [6.07, 6.45) is -4.62. The molecule has 29 heavy (non-hydrogen) atoms. The number of rotatable bonds is 4. The number of hydrogen-bond donors (Lipinski definition) is 2. The molecule has 156 valence electrons. The molecule has 0 aromatic heterocycles. The number of amides is 1. The summed E-state index contributed by atoms with van der Waals surface area (Å²) >= 11 is 5.68. The highest BCUT2D eigenvalue weighted by Gasteiger charge is 2.35. The SMILES string of the molecule is CC(C(=O)Nc1ccc(Cl)cc1C(F)(F)F)N1CCN(c2ccc(O)cc2)CC1. The molecular weight excluding hydrogens is 407 g/mol. The predicted octanol–water partition coefficient (Wildman–Crippen LogP) is 4.21. The molecule has 0 aliphatic carbocycles. The van der Waals surface area contributed by atoms with Crippen LogP contribution in [0.4, 0.5) is 24.5 Å². The summed E-state index contributed by atoms with van der Waals surface area (Å²) in [5, 5.41) is 11.7. The molecule has 0 radical (unpaired) electrons. The van der Waals surface area contributed by atoms with Crippen LogP contribution in [0.25, 0.3) is 0 Å². The molecule has 0 spiro atoms. The Hall–Kier alpha value is -2.45. The van der Waals surface area contributed by atoms with Crippen LogP contribution < -0.4 is 10.2 Å². The molecule has 1 fully saturated rings. The molecule has 1 atom stereocenters. The molecule has 0 saturated carbocycles. The van der Waals surface area contributed by atoms with E-state index in [-0.39, 0.29) is 16.5 Å². The van der Waals surface area contributed by atoms with Gasteiger partial charge in [-0.2, -0.15) is 13.2 Å². The lowest BCUT2D eigenvalue weighted by molar-refractivity contribution is -0.137. The Morgan fingerprint density at radius 1 is 1.10 bits per heavy atom. The average molecular weight is 428 g/mol. The third kappa shape index (κ3) is 5.13. The van der Waals surface area contributed by atoms with Gasteiger partial charge in [-0.3, -0.25) is 9.69 Å². The van der Waals surface area contributed by atoms with Crippen LogP contribution >= 0.6 is 11.6 Å². The van der Waals surface area contributed by atoms with E-state index in [1.807, 2.05) is 17.0 Å². The van der Waals surface area contributed by atoms with Gasteiger partial charge in [-0.15, -0.1) is 0 Å². The number of phenols is 1. The van der Waals surface area contributed by atoms with E-state index in [0.29, 0.717) is 26.2 Å². The van der Waals surface area contributed by atoms with E-state index in [4.69, 9.17) is 11.6 Å². The summed E-state index contributed by atoms with van der Waals surface area (Å²) < 4.78 is 39.7. The molecule has 3 rings (SSSR count). The Morgan fingerprint density at radius 3 is 2.31 bits per heavy atom. The van der Waals surface area contributed by atoms with Crippen molar-refractivity contribution in [3.63, 3.8) is 0 Å². The van der Waals surface area contributed by atoms with Gasteiger partial charge < -0.3 is 15.3 Å². The average Bonchev–Trinajstić information content (AvgIpc) is 2.68. The maximum Gasteiger partial charge on any atom is 0.418 e. The van der Waals surface area contributed by atoms with E-state index in [9.17, 15) is 23.1 Å². The van der Waals surface area contributed by atoms with Gasteiger partial charge in [0.25, 0.3) is 0 Å². The van der Waals surface area contributed by atoms with Crippen LogP contribution in [0.2, 0.25) is 5.02 Å². The number of anilines is 2. The number of nitrogens with one attached hydrogen (secondary N) is 1. The first-order valence-electron chi connectivity index (χ1n) is 9.11. The lowest BCUT2D eigenvalue weighted by Crippen LogP contribution is -2.52. The molecule has 1 aliphatic heterocycles. The van der Waals surface area contributed by atoms with Gasteiger partial charge >= 0.3 is 6.18 Å². The largest absolute Gasteiger partial charge is 0.508 e. The molecule has 1 unspecified atom stereocenters. The lowest BCUT2D eigenvalue weighted by Gasteiger charge is -2.38. The number of benzene rings is 2. The Bertz CT molecular complexity index is 866. The maximum atomic E-state index is 13.2. The number of carbonyl (C=O) groups is 1. The zero-order valence-corrected chi connectivity index (χ0v) is 16.5. The fraction of sp³-hybridized carbons (Fsp3) is 0.350. The zero-order chi connectivity index (χ0) is 21.2. The first-order chi connectivity index (χ1) is 13.6. The first kappa shape index (κ1) is 21.3. The third-order valence-corrected chi connectivity index (χ3v) is 5.24. The van der Waals surface area contributed by atoms with Crippen molar-refractivity contribution in [1.82, 2.24) is 4.90 Å². The summed E-state index contributed by atoms with van der Waals surface area (Å²) in [7, 11) is 0. The Labute approximate surface area is 171 Å². The van der Waals surface area contributed by atoms with E-state index in [2.05, 4.69) is 10.2 Å². The number of alkyl halides is 3. The van der Waals surface area contributed by atoms with Crippen LogP contribution in [0, 0.1) is 0 Å². The monoisotopic (exact) mass is 427 g/mol. The van der Waals surface area contributed by atoms with Crippen LogP contribution in [-0.2, 0) is 11.0 Å². The molecule has 1 aliphatic rings. The topological polar surface area (TPSA) is 55.8 Å². The maximum absolute atomic E-state index is 13.2. The summed E-state index contributed by atoms with van der Waals surface area (Å²) in [4.78, 5) is 16.6. The van der Waals surface area contributed by atoms with Gasteiger partial charge in [0.1, 0.15) is 5.75 Å². The van der Waals surface area contributed by atoms with Gasteiger partial charge in [0.2, 0.25) is 5.91 Å². The Morgan fingerprint density at radius 2 is 1.72 bits per heavy atom. The molecule has 5 nitrogen and oxygen atoms in total. The van der Waals surface area contributed by atoms with E-state index < -0.39 is 23.7 Å². The van der Waals surface area contributed by atoms with Crippen LogP contribution in [0.1, 0.15) is 12.5 Å². The van der Waals surface area contributed by atoms with Gasteiger partial charge in [-0.05, 0) is 49.4 Å². The fourth-order valence-corrected chi connectivity index (χ4v) is 3.47. The van der Waals surface area contributed by atoms with E-state index in [0.717, 1.165) is 11.8 Å². The Kier molecular flexibility index (Phi) is 6.24. The molecule has 1 saturated heterocycles. The fourth-order valence-electron chi connectivity index (χ4n) is 3.29. The number of halogens is 4. The molecule has 2 aromatic carbocycles. The second kappa shape index (κ2) is 8.51. The second-order valence-corrected chi connectivity index (χ2v) is 7.33. The number of hydrogen-bond acceptors (Lipinski definition) is 4. The van der Waals surface area contributed by atoms with Crippen LogP contribution in [0.15, 0.2) is 42.5 Å². The quantitative estimate of drug-likeness (QED) is 0.767. The number of piperazine rings is 1. The first-order valence-corrected chi connectivity index (χ1v) is 9.48. The van der Waals surface area contributed by atoms with Gasteiger partial charge in [-0.1, -0.05) is 11.6 Å². The number of carbonyl (C=O) groups excluding carboxylic acids is 1. The second-order valence-electron chi connectivity index (χ2n) is 6.89. The minimum atomic E-state index is -4.62. The van der Waals surface area contributed by atoms with Gasteiger partial charge in [-0.25, -0.2) is 0 Å². The van der Waals surface area contributed by atoms with Crippen LogP contribution in [0.5, 0.6) is 5.75 Å². The van der Waals surface area contributed by atoms with Crippen LogP contribution in [0.3, 0.4) is 0 Å². The molecule has 0 bridgehead atoms. The van der Waals surface area contributed by atoms with E-state index >= 15 is 0 Å². The molecule has 1 heterocycles. The summed E-state index contributed by atoms with van der Waals surface area (Å²) in [6.45, 7) is 4.17. The van der Waals surface area contributed by atoms with Crippen molar-refractivity contribution in [3.8, 4) is 5.75 Å². The normalized spacial score (nSPS) is 16.5. The molecule has 9 heteroatoms. The van der Waals surface area contributed by atoms with Gasteiger partial charge in [0, 0.05) is 36.9 Å². The summed E-state index contributed by atoms with van der Waals surface area (Å²) in [5.41, 5.74) is -0.306. The predicted molar refractivity (Wildman–Crippen MR) is 106 cm³/mol. The molecular formula is C20H21ClF3N3O2. The van der Waals surface area contributed by atoms with Crippen molar-refractivity contribution in [2.24, 2.45) is 0 Å². The molecule has 1 amide bonds. The highest BCUT2D eigenvalue weighted by molar-refractivity contribution is 6.30. The van der Waals surface area contributed by atoms with Gasteiger partial charge in [0.05, 0.1) is 17.3 Å². The zero-order valence-electron chi connectivity index (χ0n) is 15.7. The minimum absolute atomic E-state index is 0.0475. The minimum Gasteiger partial charge on any atom is -0.508 e.